The summed E-state index contributed by atoms with van der Waals surface area (Å²) in [7, 11) is 0. The Bertz CT molecular complexity index is 539. The molecule has 2 aromatic rings. The lowest BCUT2D eigenvalue weighted by Gasteiger charge is -2.23. The molecule has 0 bridgehead atoms. The Morgan fingerprint density at radius 1 is 1.37 bits per heavy atom. The highest BCUT2D eigenvalue weighted by Gasteiger charge is 2.19. The maximum Gasteiger partial charge on any atom is 0.287 e. The van der Waals surface area contributed by atoms with Gasteiger partial charge in [0.25, 0.3) is 5.91 Å². The molecule has 1 amide bonds. The molecule has 1 aromatic carbocycles. The molecule has 0 unspecified atom stereocenters. The molecule has 0 saturated carbocycles. The first-order chi connectivity index (χ1) is 9.02. The third-order valence-electron chi connectivity index (χ3n) is 3.20. The molecule has 4 nitrogen and oxygen atoms in total. The van der Waals surface area contributed by atoms with E-state index in [4.69, 9.17) is 10.2 Å². The predicted octanol–water partition coefficient (Wildman–Crippen LogP) is 2.54. The molecular weight excluding hydrogens is 240 g/mol. The van der Waals surface area contributed by atoms with Crippen molar-refractivity contribution in [1.29, 1.82) is 0 Å². The number of nitrogens with one attached hydrogen (secondary N) is 1. The largest absolute Gasteiger partial charge is 0.451 e. The topological polar surface area (TPSA) is 68.3 Å². The molecule has 0 aliphatic carbocycles. The molecule has 4 heteroatoms. The Balaban J connectivity index is 2.04. The average Bonchev–Trinajstić information content (AvgIpc) is 2.79. The van der Waals surface area contributed by atoms with Crippen molar-refractivity contribution in [1.82, 2.24) is 5.32 Å². The Labute approximate surface area is 113 Å². The first kappa shape index (κ1) is 13.6. The van der Waals surface area contributed by atoms with Crippen LogP contribution < -0.4 is 11.1 Å². The van der Waals surface area contributed by atoms with Crippen LogP contribution in [0.2, 0.25) is 0 Å². The van der Waals surface area contributed by atoms with Gasteiger partial charge in [0.05, 0.1) is 0 Å². The molecule has 102 valence electrons. The lowest BCUT2D eigenvalue weighted by atomic mass is 9.89. The zero-order chi connectivity index (χ0) is 13.9. The minimum Gasteiger partial charge on any atom is -0.451 e. The predicted molar refractivity (Wildman–Crippen MR) is 76.0 cm³/mol. The first-order valence-corrected chi connectivity index (χ1v) is 6.49. The summed E-state index contributed by atoms with van der Waals surface area (Å²) in [6.07, 6.45) is 0.868. The number of carbonyl (C=O) groups excluding carboxylic acids is 1. The fraction of sp³-hybridized carbons (Fsp3) is 0.400. The van der Waals surface area contributed by atoms with E-state index in [1.54, 1.807) is 6.07 Å². The van der Waals surface area contributed by atoms with Gasteiger partial charge in [0.2, 0.25) is 0 Å². The summed E-state index contributed by atoms with van der Waals surface area (Å²) in [6, 6.07) is 9.35. The minimum atomic E-state index is -0.179. The van der Waals surface area contributed by atoms with Gasteiger partial charge in [0.1, 0.15) is 5.58 Å². The van der Waals surface area contributed by atoms with Gasteiger partial charge in [-0.15, -0.1) is 0 Å². The van der Waals surface area contributed by atoms with Gasteiger partial charge >= 0.3 is 0 Å². The molecular formula is C15H20N2O2. The highest BCUT2D eigenvalue weighted by atomic mass is 16.3. The molecule has 19 heavy (non-hydrogen) atoms. The van der Waals surface area contributed by atoms with Gasteiger partial charge in [0.15, 0.2) is 5.76 Å². The van der Waals surface area contributed by atoms with Gasteiger partial charge in [-0.25, -0.2) is 0 Å². The number of carbonyl (C=O) groups is 1. The van der Waals surface area contributed by atoms with Gasteiger partial charge in [0, 0.05) is 11.9 Å². The second kappa shape index (κ2) is 5.45. The number of hydrogen-bond donors (Lipinski definition) is 2. The van der Waals surface area contributed by atoms with Crippen molar-refractivity contribution in [2.45, 2.75) is 20.3 Å². The molecule has 3 N–H and O–H groups in total. The number of rotatable bonds is 5. The molecule has 0 saturated heterocycles. The van der Waals surface area contributed by atoms with E-state index in [1.807, 2.05) is 24.3 Å². The average molecular weight is 260 g/mol. The van der Waals surface area contributed by atoms with E-state index in [0.29, 0.717) is 18.8 Å². The first-order valence-electron chi connectivity index (χ1n) is 6.49. The van der Waals surface area contributed by atoms with Crippen LogP contribution in [0.5, 0.6) is 0 Å². The maximum absolute atomic E-state index is 12.0. The number of hydrogen-bond acceptors (Lipinski definition) is 3. The normalized spacial score (nSPS) is 11.7. The van der Waals surface area contributed by atoms with Crippen molar-refractivity contribution in [3.8, 4) is 0 Å². The highest BCUT2D eigenvalue weighted by Crippen LogP contribution is 2.20. The number of furan rings is 1. The van der Waals surface area contributed by atoms with Crippen LogP contribution >= 0.6 is 0 Å². The van der Waals surface area contributed by atoms with Crippen LogP contribution in [0.3, 0.4) is 0 Å². The third kappa shape index (κ3) is 3.35. The van der Waals surface area contributed by atoms with Crippen molar-refractivity contribution in [2.75, 3.05) is 13.1 Å². The van der Waals surface area contributed by atoms with Crippen molar-refractivity contribution in [2.24, 2.45) is 11.1 Å². The standard InChI is InChI=1S/C15H20N2O2/c1-15(2,7-8-16)10-17-14(18)13-9-11-5-3-4-6-12(11)19-13/h3-6,9H,7-8,10,16H2,1-2H3,(H,17,18). The summed E-state index contributed by atoms with van der Waals surface area (Å²) < 4.78 is 5.52. The number of amides is 1. The summed E-state index contributed by atoms with van der Waals surface area (Å²) in [5.74, 6) is 0.172. The smallest absolute Gasteiger partial charge is 0.287 e. The Hall–Kier alpha value is -1.81. The molecule has 0 aliphatic rings. The maximum atomic E-state index is 12.0. The number of nitrogens with two attached hydrogens (primary N) is 1. The Morgan fingerprint density at radius 2 is 2.11 bits per heavy atom. The molecule has 1 heterocycles. The number of benzene rings is 1. The summed E-state index contributed by atoms with van der Waals surface area (Å²) in [6.45, 7) is 5.37. The monoisotopic (exact) mass is 260 g/mol. The van der Waals surface area contributed by atoms with Crippen LogP contribution in [0, 0.1) is 5.41 Å². The van der Waals surface area contributed by atoms with Crippen LogP contribution in [-0.4, -0.2) is 19.0 Å². The van der Waals surface area contributed by atoms with Gasteiger partial charge in [-0.05, 0) is 30.5 Å². The van der Waals surface area contributed by atoms with Crippen molar-refractivity contribution in [3.63, 3.8) is 0 Å². The zero-order valence-corrected chi connectivity index (χ0v) is 11.4. The van der Waals surface area contributed by atoms with Crippen LogP contribution in [0.1, 0.15) is 30.8 Å². The van der Waals surface area contributed by atoms with E-state index >= 15 is 0 Å². The van der Waals surface area contributed by atoms with Crippen LogP contribution in [0.4, 0.5) is 0 Å². The van der Waals surface area contributed by atoms with Crippen LogP contribution in [-0.2, 0) is 0 Å². The fourth-order valence-electron chi connectivity index (χ4n) is 1.98. The van der Waals surface area contributed by atoms with Crippen molar-refractivity contribution >= 4 is 16.9 Å². The second-order valence-electron chi connectivity index (χ2n) is 5.53. The van der Waals surface area contributed by atoms with E-state index in [9.17, 15) is 4.79 Å². The molecule has 0 fully saturated rings. The summed E-state index contributed by atoms with van der Waals surface area (Å²) >= 11 is 0. The molecule has 0 atom stereocenters. The Morgan fingerprint density at radius 3 is 2.79 bits per heavy atom. The minimum absolute atomic E-state index is 0.00355. The van der Waals surface area contributed by atoms with E-state index in [-0.39, 0.29) is 11.3 Å². The highest BCUT2D eigenvalue weighted by molar-refractivity contribution is 5.96. The molecule has 0 spiro atoms. The summed E-state index contributed by atoms with van der Waals surface area (Å²) in [4.78, 5) is 12.0. The molecule has 2 rings (SSSR count). The third-order valence-corrected chi connectivity index (χ3v) is 3.20. The van der Waals surface area contributed by atoms with E-state index < -0.39 is 0 Å². The Kier molecular flexibility index (Phi) is 3.90. The molecule has 0 radical (unpaired) electrons. The quantitative estimate of drug-likeness (QED) is 0.868. The van der Waals surface area contributed by atoms with E-state index in [1.165, 1.54) is 0 Å². The summed E-state index contributed by atoms with van der Waals surface area (Å²) in [5.41, 5.74) is 6.28. The van der Waals surface area contributed by atoms with Gasteiger partial charge < -0.3 is 15.5 Å². The van der Waals surface area contributed by atoms with Gasteiger partial charge in [-0.3, -0.25) is 4.79 Å². The van der Waals surface area contributed by atoms with E-state index in [2.05, 4.69) is 19.2 Å². The zero-order valence-electron chi connectivity index (χ0n) is 11.4. The SMILES string of the molecule is CC(C)(CCN)CNC(=O)c1cc2ccccc2o1. The lowest BCUT2D eigenvalue weighted by Crippen LogP contribution is -2.35. The number of fused-ring (bicyclic) bond motifs is 1. The van der Waals surface area contributed by atoms with Crippen molar-refractivity contribution < 1.29 is 9.21 Å². The summed E-state index contributed by atoms with van der Waals surface area (Å²) in [5, 5.41) is 3.84. The lowest BCUT2D eigenvalue weighted by molar-refractivity contribution is 0.0909. The van der Waals surface area contributed by atoms with Crippen molar-refractivity contribution in [3.05, 3.63) is 36.1 Å². The van der Waals surface area contributed by atoms with Crippen LogP contribution in [0.25, 0.3) is 11.0 Å². The number of para-hydroxylation sites is 1. The van der Waals surface area contributed by atoms with Gasteiger partial charge in [-0.1, -0.05) is 32.0 Å². The van der Waals surface area contributed by atoms with Gasteiger partial charge in [-0.2, -0.15) is 0 Å². The van der Waals surface area contributed by atoms with E-state index in [0.717, 1.165) is 17.4 Å². The fourth-order valence-corrected chi connectivity index (χ4v) is 1.98. The van der Waals surface area contributed by atoms with Crippen LogP contribution in [0.15, 0.2) is 34.7 Å². The molecule has 0 aliphatic heterocycles. The second-order valence-corrected chi connectivity index (χ2v) is 5.53. The molecule has 1 aromatic heterocycles.